The van der Waals surface area contributed by atoms with E-state index in [1.165, 1.54) is 7.05 Å². The number of aryl methyl sites for hydroxylation is 1. The van der Waals surface area contributed by atoms with Crippen LogP contribution < -0.4 is 20.7 Å². The average Bonchev–Trinajstić information content (AvgIpc) is 2.73. The molecular weight excluding hydrogens is 524 g/mol. The number of rotatable bonds is 8. The molecule has 0 saturated carbocycles. The van der Waals surface area contributed by atoms with Crippen LogP contribution in [0.25, 0.3) is 0 Å². The molecule has 6 nitrogen and oxygen atoms in total. The van der Waals surface area contributed by atoms with Crippen LogP contribution in [0.3, 0.4) is 0 Å². The molecule has 1 amide bonds. The first-order chi connectivity index (χ1) is 14.3. The molecule has 0 aromatic heterocycles. The molecule has 0 heterocycles. The van der Waals surface area contributed by atoms with E-state index in [1.807, 2.05) is 32.0 Å². The van der Waals surface area contributed by atoms with Crippen molar-refractivity contribution in [3.05, 3.63) is 58.9 Å². The first kappa shape index (κ1) is 26.5. The van der Waals surface area contributed by atoms with Gasteiger partial charge in [0.25, 0.3) is 0 Å². The Kier molecular flexibility index (Phi) is 11.2. The van der Waals surface area contributed by atoms with Crippen LogP contribution in [-0.2, 0) is 11.3 Å². The molecule has 170 valence electrons. The van der Waals surface area contributed by atoms with E-state index >= 15 is 0 Å². The number of halogens is 4. The van der Waals surface area contributed by atoms with Crippen LogP contribution in [0, 0.1) is 24.4 Å². The molecule has 2 aromatic carbocycles. The zero-order valence-electron chi connectivity index (χ0n) is 17.5. The van der Waals surface area contributed by atoms with E-state index in [4.69, 9.17) is 4.74 Å². The van der Waals surface area contributed by atoms with Crippen molar-refractivity contribution in [2.45, 2.75) is 26.8 Å². The molecular formula is C21H26F3IN4O2. The van der Waals surface area contributed by atoms with E-state index in [9.17, 15) is 18.0 Å². The smallest absolute Gasteiger partial charge is 0.243 e. The van der Waals surface area contributed by atoms with Gasteiger partial charge in [-0.2, -0.15) is 0 Å². The van der Waals surface area contributed by atoms with Crippen LogP contribution in [-0.4, -0.2) is 32.1 Å². The topological polar surface area (TPSA) is 74.8 Å². The van der Waals surface area contributed by atoms with Crippen LogP contribution in [0.1, 0.15) is 24.5 Å². The zero-order valence-corrected chi connectivity index (χ0v) is 19.9. The van der Waals surface area contributed by atoms with Crippen LogP contribution in [0.4, 0.5) is 18.9 Å². The number of nitrogens with zero attached hydrogens (tertiary/aromatic N) is 1. The number of nitrogens with one attached hydrogen (secondary N) is 3. The maximum absolute atomic E-state index is 13.7. The normalized spacial score (nSPS) is 10.8. The summed E-state index contributed by atoms with van der Waals surface area (Å²) < 4.78 is 45.6. The zero-order chi connectivity index (χ0) is 22.1. The van der Waals surface area contributed by atoms with Gasteiger partial charge < -0.3 is 20.7 Å². The lowest BCUT2D eigenvalue weighted by molar-refractivity contribution is -0.115. The molecule has 0 spiro atoms. The van der Waals surface area contributed by atoms with Gasteiger partial charge in [-0.15, -0.1) is 24.0 Å². The highest BCUT2D eigenvalue weighted by molar-refractivity contribution is 14.0. The summed E-state index contributed by atoms with van der Waals surface area (Å²) in [5.74, 6) is -3.97. The number of benzene rings is 2. The van der Waals surface area contributed by atoms with Crippen molar-refractivity contribution in [2.24, 2.45) is 4.99 Å². The Balaban J connectivity index is 0.00000480. The highest BCUT2D eigenvalue weighted by Gasteiger charge is 2.15. The Bertz CT molecular complexity index is 926. The molecule has 31 heavy (non-hydrogen) atoms. The molecule has 0 saturated heterocycles. The van der Waals surface area contributed by atoms with Gasteiger partial charge in [-0.1, -0.05) is 19.1 Å². The lowest BCUT2D eigenvalue weighted by Gasteiger charge is -2.15. The largest absolute Gasteiger partial charge is 0.493 e. The maximum atomic E-state index is 13.7. The van der Waals surface area contributed by atoms with Crippen molar-refractivity contribution in [3.8, 4) is 5.75 Å². The van der Waals surface area contributed by atoms with Crippen molar-refractivity contribution in [3.63, 3.8) is 0 Å². The maximum Gasteiger partial charge on any atom is 0.243 e. The van der Waals surface area contributed by atoms with Crippen LogP contribution in [0.15, 0.2) is 35.3 Å². The molecule has 0 atom stereocenters. The number of anilines is 1. The predicted molar refractivity (Wildman–Crippen MR) is 126 cm³/mol. The van der Waals surface area contributed by atoms with Crippen LogP contribution in [0.5, 0.6) is 5.75 Å². The van der Waals surface area contributed by atoms with E-state index in [-0.39, 0.29) is 30.5 Å². The van der Waals surface area contributed by atoms with E-state index in [0.717, 1.165) is 35.4 Å². The molecule has 3 N–H and O–H groups in total. The van der Waals surface area contributed by atoms with Gasteiger partial charge >= 0.3 is 0 Å². The first-order valence-corrected chi connectivity index (χ1v) is 9.45. The fourth-order valence-corrected chi connectivity index (χ4v) is 2.53. The summed E-state index contributed by atoms with van der Waals surface area (Å²) in [6, 6.07) is 7.55. The van der Waals surface area contributed by atoms with Gasteiger partial charge in [0.05, 0.1) is 18.8 Å². The first-order valence-electron chi connectivity index (χ1n) is 9.45. The number of carbonyl (C=O) groups excluding carboxylic acids is 1. The third-order valence-electron chi connectivity index (χ3n) is 4.08. The molecule has 10 heteroatoms. The summed E-state index contributed by atoms with van der Waals surface area (Å²) in [5.41, 5.74) is 1.56. The quantitative estimate of drug-likeness (QED) is 0.200. The molecule has 0 aliphatic carbocycles. The number of aliphatic imine (C=N–C) groups is 1. The second-order valence-electron chi connectivity index (χ2n) is 6.51. The summed E-state index contributed by atoms with van der Waals surface area (Å²) in [6.45, 7) is 4.75. The summed E-state index contributed by atoms with van der Waals surface area (Å²) in [7, 11) is 1.53. The standard InChI is InChI=1S/C21H25F3N4O2.HI/c1-4-9-30-17-10-13(2)5-6-14(17)11-26-21(25-3)27-12-18(29)28-16-8-7-15(22)19(23)20(16)24;/h5-8,10H,4,9,11-12H2,1-3H3,(H,28,29)(H2,25,26,27);1H. The third kappa shape index (κ3) is 7.93. The molecule has 0 fully saturated rings. The van der Waals surface area contributed by atoms with Gasteiger partial charge in [0.1, 0.15) is 5.75 Å². The molecule has 2 rings (SSSR count). The number of guanidine groups is 1. The predicted octanol–water partition coefficient (Wildman–Crippen LogP) is 4.12. The Hall–Kier alpha value is -2.50. The summed E-state index contributed by atoms with van der Waals surface area (Å²) in [6.07, 6.45) is 0.887. The van der Waals surface area contributed by atoms with Gasteiger partial charge in [0, 0.05) is 19.2 Å². The van der Waals surface area contributed by atoms with Gasteiger partial charge in [0.2, 0.25) is 5.91 Å². The fourth-order valence-electron chi connectivity index (χ4n) is 2.53. The number of carbonyl (C=O) groups is 1. The van der Waals surface area contributed by atoms with Gasteiger partial charge in [-0.3, -0.25) is 9.79 Å². The average molecular weight is 550 g/mol. The Morgan fingerprint density at radius 1 is 1.10 bits per heavy atom. The summed E-state index contributed by atoms with van der Waals surface area (Å²) in [4.78, 5) is 16.0. The highest BCUT2D eigenvalue weighted by atomic mass is 127. The molecule has 0 radical (unpaired) electrons. The van der Waals surface area contributed by atoms with E-state index in [2.05, 4.69) is 20.9 Å². The van der Waals surface area contributed by atoms with Gasteiger partial charge in [-0.05, 0) is 37.1 Å². The Labute approximate surface area is 196 Å². The van der Waals surface area contributed by atoms with E-state index in [0.29, 0.717) is 19.1 Å². The minimum atomic E-state index is -1.64. The molecule has 0 aliphatic rings. The Morgan fingerprint density at radius 2 is 1.84 bits per heavy atom. The Morgan fingerprint density at radius 3 is 2.52 bits per heavy atom. The van der Waals surface area contributed by atoms with Crippen molar-refractivity contribution in [2.75, 3.05) is 25.5 Å². The minimum absolute atomic E-state index is 0. The molecule has 0 bridgehead atoms. The van der Waals surface area contributed by atoms with Gasteiger partial charge in [0.15, 0.2) is 23.4 Å². The number of amides is 1. The number of ether oxygens (including phenoxy) is 1. The lowest BCUT2D eigenvalue weighted by Crippen LogP contribution is -2.41. The molecule has 2 aromatic rings. The van der Waals surface area contributed by atoms with Crippen LogP contribution >= 0.6 is 24.0 Å². The van der Waals surface area contributed by atoms with E-state index in [1.54, 1.807) is 0 Å². The van der Waals surface area contributed by atoms with Crippen molar-refractivity contribution in [1.29, 1.82) is 0 Å². The third-order valence-corrected chi connectivity index (χ3v) is 4.08. The van der Waals surface area contributed by atoms with Crippen molar-refractivity contribution < 1.29 is 22.7 Å². The van der Waals surface area contributed by atoms with Gasteiger partial charge in [-0.25, -0.2) is 13.2 Å². The summed E-state index contributed by atoms with van der Waals surface area (Å²) in [5, 5.41) is 8.02. The van der Waals surface area contributed by atoms with Crippen LogP contribution in [0.2, 0.25) is 0 Å². The highest BCUT2D eigenvalue weighted by Crippen LogP contribution is 2.21. The van der Waals surface area contributed by atoms with E-state index < -0.39 is 29.0 Å². The summed E-state index contributed by atoms with van der Waals surface area (Å²) >= 11 is 0. The second-order valence-corrected chi connectivity index (χ2v) is 6.51. The SMILES string of the molecule is CCCOc1cc(C)ccc1CNC(=NC)NCC(=O)Nc1ccc(F)c(F)c1F.I. The minimum Gasteiger partial charge on any atom is -0.493 e. The van der Waals surface area contributed by atoms with Crippen molar-refractivity contribution >= 4 is 41.5 Å². The van der Waals surface area contributed by atoms with Crippen molar-refractivity contribution in [1.82, 2.24) is 10.6 Å². The monoisotopic (exact) mass is 550 g/mol. The lowest BCUT2D eigenvalue weighted by atomic mass is 10.1. The molecule has 0 unspecified atom stereocenters. The number of hydrogen-bond acceptors (Lipinski definition) is 3. The second kappa shape index (κ2) is 13.0. The molecule has 0 aliphatic heterocycles. The number of hydrogen-bond donors (Lipinski definition) is 3. The fraction of sp³-hybridized carbons (Fsp3) is 0.333.